The number of carboxylic acids is 1. The Balaban J connectivity index is 0.000000217. The molecule has 0 aliphatic carbocycles. The summed E-state index contributed by atoms with van der Waals surface area (Å²) in [4.78, 5) is 15.3. The van der Waals surface area contributed by atoms with Gasteiger partial charge in [0.15, 0.2) is 0 Å². The van der Waals surface area contributed by atoms with Gasteiger partial charge < -0.3 is 15.3 Å². The first-order chi connectivity index (χ1) is 10.2. The standard InChI is InChI=1S/C10H11Cl2N3.C2HF3O2/c11-8-1-7(3-14-10(8)12)15-4-6-2-13-9(6)5-15;3-2(4,5)1(6)7/h1,3,6,9,13H,2,4-5H2;(H,6,7)/t6-,9+;/m0./s1. The van der Waals surface area contributed by atoms with E-state index in [-0.39, 0.29) is 0 Å². The summed E-state index contributed by atoms with van der Waals surface area (Å²) in [6.45, 7) is 3.28. The number of alkyl halides is 3. The Morgan fingerprint density at radius 1 is 1.41 bits per heavy atom. The molecule has 0 aromatic carbocycles. The number of nitrogens with zero attached hydrogens (tertiary/aromatic N) is 2. The van der Waals surface area contributed by atoms with Crippen LogP contribution < -0.4 is 10.2 Å². The van der Waals surface area contributed by atoms with Crippen LogP contribution in [0.4, 0.5) is 18.9 Å². The fraction of sp³-hybridized carbons (Fsp3) is 0.500. The Morgan fingerprint density at radius 3 is 2.41 bits per heavy atom. The number of fused-ring (bicyclic) bond motifs is 1. The number of hydrogen-bond acceptors (Lipinski definition) is 4. The van der Waals surface area contributed by atoms with Crippen molar-refractivity contribution in [3.63, 3.8) is 0 Å². The summed E-state index contributed by atoms with van der Waals surface area (Å²) in [6, 6.07) is 2.54. The molecule has 2 aliphatic rings. The molecule has 0 spiro atoms. The van der Waals surface area contributed by atoms with E-state index in [1.54, 1.807) is 6.20 Å². The van der Waals surface area contributed by atoms with Gasteiger partial charge in [-0.2, -0.15) is 13.2 Å². The molecule has 2 saturated heterocycles. The maximum absolute atomic E-state index is 10.6. The van der Waals surface area contributed by atoms with E-state index in [9.17, 15) is 13.2 Å². The average molecular weight is 358 g/mol. The molecule has 0 saturated carbocycles. The molecule has 3 heterocycles. The van der Waals surface area contributed by atoms with Gasteiger partial charge in [-0.05, 0) is 6.07 Å². The first kappa shape index (κ1) is 17.1. The number of anilines is 1. The molecule has 2 atom stereocenters. The number of carbonyl (C=O) groups is 1. The lowest BCUT2D eigenvalue weighted by Crippen LogP contribution is -2.51. The average Bonchev–Trinajstić information content (AvgIpc) is 2.68. The highest BCUT2D eigenvalue weighted by Crippen LogP contribution is 2.30. The van der Waals surface area contributed by atoms with Gasteiger partial charge in [-0.1, -0.05) is 23.2 Å². The summed E-state index contributed by atoms with van der Waals surface area (Å²) in [5.74, 6) is -1.97. The van der Waals surface area contributed by atoms with Crippen LogP contribution in [0.15, 0.2) is 12.3 Å². The van der Waals surface area contributed by atoms with E-state index < -0.39 is 12.1 Å². The molecule has 1 aromatic rings. The van der Waals surface area contributed by atoms with Crippen molar-refractivity contribution in [2.24, 2.45) is 5.92 Å². The van der Waals surface area contributed by atoms with Crippen molar-refractivity contribution in [3.05, 3.63) is 22.4 Å². The van der Waals surface area contributed by atoms with E-state index in [1.165, 1.54) is 0 Å². The van der Waals surface area contributed by atoms with Gasteiger partial charge in [0.2, 0.25) is 0 Å². The topological polar surface area (TPSA) is 65.5 Å². The number of carboxylic acid groups (broad SMARTS) is 1. The molecule has 0 radical (unpaired) electrons. The fourth-order valence-corrected chi connectivity index (χ4v) is 2.51. The van der Waals surface area contributed by atoms with E-state index >= 15 is 0 Å². The smallest absolute Gasteiger partial charge is 0.475 e. The van der Waals surface area contributed by atoms with Gasteiger partial charge >= 0.3 is 12.1 Å². The number of pyridine rings is 1. The number of hydrogen-bond donors (Lipinski definition) is 2. The van der Waals surface area contributed by atoms with E-state index in [4.69, 9.17) is 33.1 Å². The summed E-state index contributed by atoms with van der Waals surface area (Å²) in [7, 11) is 0. The molecule has 1 aromatic heterocycles. The van der Waals surface area contributed by atoms with E-state index in [0.29, 0.717) is 16.2 Å². The van der Waals surface area contributed by atoms with Crippen molar-refractivity contribution >= 4 is 34.9 Å². The molecule has 3 rings (SSSR count). The highest BCUT2D eigenvalue weighted by molar-refractivity contribution is 6.41. The van der Waals surface area contributed by atoms with Gasteiger partial charge in [0.25, 0.3) is 0 Å². The Bertz CT molecular complexity index is 559. The van der Waals surface area contributed by atoms with Crippen LogP contribution in [0.25, 0.3) is 0 Å². The van der Waals surface area contributed by atoms with Crippen LogP contribution in [-0.2, 0) is 4.79 Å². The van der Waals surface area contributed by atoms with Crippen molar-refractivity contribution in [3.8, 4) is 0 Å². The highest BCUT2D eigenvalue weighted by Gasteiger charge is 2.39. The molecule has 2 aliphatic heterocycles. The summed E-state index contributed by atoms with van der Waals surface area (Å²) >= 11 is 11.7. The van der Waals surface area contributed by atoms with Crippen LogP contribution in [0, 0.1) is 5.92 Å². The maximum Gasteiger partial charge on any atom is 0.490 e. The van der Waals surface area contributed by atoms with E-state index in [0.717, 1.165) is 31.2 Å². The van der Waals surface area contributed by atoms with Gasteiger partial charge in [0, 0.05) is 31.6 Å². The van der Waals surface area contributed by atoms with Crippen molar-refractivity contribution in [1.82, 2.24) is 10.3 Å². The summed E-state index contributed by atoms with van der Waals surface area (Å²) < 4.78 is 31.7. The second-order valence-electron chi connectivity index (χ2n) is 4.95. The van der Waals surface area contributed by atoms with Gasteiger partial charge in [-0.3, -0.25) is 0 Å². The minimum atomic E-state index is -5.08. The van der Waals surface area contributed by atoms with Gasteiger partial charge in [-0.15, -0.1) is 0 Å². The highest BCUT2D eigenvalue weighted by atomic mass is 35.5. The van der Waals surface area contributed by atoms with Crippen LogP contribution in [0.3, 0.4) is 0 Å². The largest absolute Gasteiger partial charge is 0.490 e. The monoisotopic (exact) mass is 357 g/mol. The first-order valence-electron chi connectivity index (χ1n) is 6.28. The molecule has 122 valence electrons. The molecule has 0 unspecified atom stereocenters. The zero-order chi connectivity index (χ0) is 16.5. The Kier molecular flexibility index (Phi) is 5.03. The third kappa shape index (κ3) is 3.93. The van der Waals surface area contributed by atoms with Crippen molar-refractivity contribution in [2.75, 3.05) is 24.5 Å². The SMILES string of the molecule is Clc1cc(N2C[C@@H]3CN[C@@H]3C2)cnc1Cl.O=C(O)C(F)(F)F. The predicted octanol–water partition coefficient (Wildman–Crippen LogP) is 2.43. The molecular weight excluding hydrogens is 346 g/mol. The van der Waals surface area contributed by atoms with Crippen LogP contribution >= 0.6 is 23.2 Å². The third-order valence-electron chi connectivity index (χ3n) is 3.47. The number of aromatic nitrogens is 1. The van der Waals surface area contributed by atoms with E-state index in [2.05, 4.69) is 15.2 Å². The van der Waals surface area contributed by atoms with Gasteiger partial charge in [0.05, 0.1) is 16.9 Å². The summed E-state index contributed by atoms with van der Waals surface area (Å²) in [5, 5.41) is 11.4. The van der Waals surface area contributed by atoms with Gasteiger partial charge in [-0.25, -0.2) is 9.78 Å². The van der Waals surface area contributed by atoms with Gasteiger partial charge in [0.1, 0.15) is 5.15 Å². The molecule has 2 fully saturated rings. The zero-order valence-corrected chi connectivity index (χ0v) is 12.6. The summed E-state index contributed by atoms with van der Waals surface area (Å²) in [5.41, 5.74) is 1.07. The Hall–Kier alpha value is -1.25. The first-order valence-corrected chi connectivity index (χ1v) is 7.03. The van der Waals surface area contributed by atoms with Crippen LogP contribution in [0.2, 0.25) is 10.2 Å². The summed E-state index contributed by atoms with van der Waals surface area (Å²) in [6.07, 6.45) is -3.29. The van der Waals surface area contributed by atoms with Crippen molar-refractivity contribution in [2.45, 2.75) is 12.2 Å². The van der Waals surface area contributed by atoms with Crippen molar-refractivity contribution in [1.29, 1.82) is 0 Å². The zero-order valence-electron chi connectivity index (χ0n) is 11.1. The second-order valence-corrected chi connectivity index (χ2v) is 5.71. The maximum atomic E-state index is 10.6. The third-order valence-corrected chi connectivity index (χ3v) is 4.16. The van der Waals surface area contributed by atoms with Crippen molar-refractivity contribution < 1.29 is 23.1 Å². The Morgan fingerprint density at radius 2 is 2.05 bits per heavy atom. The van der Waals surface area contributed by atoms with E-state index in [1.807, 2.05) is 6.07 Å². The van der Waals surface area contributed by atoms with Crippen LogP contribution in [0.5, 0.6) is 0 Å². The number of rotatable bonds is 1. The molecule has 0 bridgehead atoms. The molecule has 10 heteroatoms. The van der Waals surface area contributed by atoms with Crippen LogP contribution in [-0.4, -0.2) is 47.9 Å². The minimum absolute atomic E-state index is 0.376. The number of aliphatic carboxylic acids is 1. The lowest BCUT2D eigenvalue weighted by Gasteiger charge is -2.29. The molecule has 22 heavy (non-hydrogen) atoms. The quantitative estimate of drug-likeness (QED) is 0.755. The van der Waals surface area contributed by atoms with Crippen LogP contribution in [0.1, 0.15) is 0 Å². The number of halogens is 5. The minimum Gasteiger partial charge on any atom is -0.475 e. The fourth-order valence-electron chi connectivity index (χ4n) is 2.25. The lowest BCUT2D eigenvalue weighted by atomic mass is 9.96. The molecule has 0 amide bonds. The molecule has 2 N–H and O–H groups in total. The predicted molar refractivity (Wildman–Crippen MR) is 75.4 cm³/mol. The molecule has 5 nitrogen and oxygen atoms in total. The normalized spacial score (nSPS) is 23.2. The second kappa shape index (κ2) is 6.47. The Labute approximate surface area is 134 Å². The lowest BCUT2D eigenvalue weighted by molar-refractivity contribution is -0.192. The number of nitrogens with one attached hydrogen (secondary N) is 1. The molecular formula is C12H12Cl2F3N3O2.